The predicted octanol–water partition coefficient (Wildman–Crippen LogP) is 5.15. The molecule has 0 aromatic carbocycles. The summed E-state index contributed by atoms with van der Waals surface area (Å²) < 4.78 is 4.62. The highest BCUT2D eigenvalue weighted by atomic mass is 16.6. The zero-order valence-corrected chi connectivity index (χ0v) is 14.8. The lowest BCUT2D eigenvalue weighted by molar-refractivity contribution is -0.152. The van der Waals surface area contributed by atoms with Crippen LogP contribution in [0.15, 0.2) is 48.6 Å². The minimum absolute atomic E-state index is 0.656. The summed E-state index contributed by atoms with van der Waals surface area (Å²) in [4.78, 5) is 22.8. The number of rotatable bonds is 10. The number of esters is 2. The summed E-state index contributed by atoms with van der Waals surface area (Å²) >= 11 is 0. The monoisotopic (exact) mass is 318 g/mol. The molecular formula is C20H30O3. The van der Waals surface area contributed by atoms with E-state index in [9.17, 15) is 9.59 Å². The fourth-order valence-corrected chi connectivity index (χ4v) is 1.64. The molecule has 0 saturated heterocycles. The Morgan fingerprint density at radius 3 is 1.48 bits per heavy atom. The summed E-state index contributed by atoms with van der Waals surface area (Å²) in [5.74, 6) is 0.0174. The Hall–Kier alpha value is -1.90. The normalized spacial score (nSPS) is 12.6. The van der Waals surface area contributed by atoms with Gasteiger partial charge in [0.1, 0.15) is 0 Å². The third-order valence-electron chi connectivity index (χ3n) is 2.98. The molecule has 23 heavy (non-hydrogen) atoms. The zero-order valence-electron chi connectivity index (χ0n) is 14.8. The van der Waals surface area contributed by atoms with E-state index in [-0.39, 0.29) is 0 Å². The van der Waals surface area contributed by atoms with Crippen molar-refractivity contribution in [2.45, 2.75) is 53.4 Å². The Morgan fingerprint density at radius 2 is 1.13 bits per heavy atom. The second-order valence-corrected chi connectivity index (χ2v) is 6.26. The van der Waals surface area contributed by atoms with Gasteiger partial charge in [-0.25, -0.2) is 9.59 Å². The van der Waals surface area contributed by atoms with Crippen LogP contribution in [-0.4, -0.2) is 11.9 Å². The van der Waals surface area contributed by atoms with Crippen molar-refractivity contribution in [1.82, 2.24) is 0 Å². The minimum Gasteiger partial charge on any atom is -0.387 e. The first kappa shape index (κ1) is 21.1. The van der Waals surface area contributed by atoms with Crippen molar-refractivity contribution in [2.24, 2.45) is 11.8 Å². The van der Waals surface area contributed by atoms with Crippen LogP contribution in [-0.2, 0) is 14.3 Å². The largest absolute Gasteiger partial charge is 0.387 e. The Morgan fingerprint density at radius 1 is 0.739 bits per heavy atom. The van der Waals surface area contributed by atoms with Gasteiger partial charge in [0.2, 0.25) is 0 Å². The van der Waals surface area contributed by atoms with E-state index in [0.29, 0.717) is 11.8 Å². The third-order valence-corrected chi connectivity index (χ3v) is 2.98. The molecule has 0 N–H and O–H groups in total. The van der Waals surface area contributed by atoms with Gasteiger partial charge in [0.15, 0.2) is 0 Å². The summed E-state index contributed by atoms with van der Waals surface area (Å²) in [5, 5.41) is 0. The molecule has 0 aromatic heterocycles. The number of ether oxygens (including phenoxy) is 1. The molecule has 0 aliphatic carbocycles. The molecule has 0 unspecified atom stereocenters. The summed E-state index contributed by atoms with van der Waals surface area (Å²) in [5.41, 5.74) is 0. The van der Waals surface area contributed by atoms with E-state index in [1.807, 2.05) is 12.2 Å². The summed E-state index contributed by atoms with van der Waals surface area (Å²) in [6.07, 6.45) is 17.4. The molecule has 0 amide bonds. The van der Waals surface area contributed by atoms with E-state index in [0.717, 1.165) is 25.7 Å². The van der Waals surface area contributed by atoms with Crippen molar-refractivity contribution < 1.29 is 14.3 Å². The molecular weight excluding hydrogens is 288 g/mol. The summed E-state index contributed by atoms with van der Waals surface area (Å²) in [6, 6.07) is 0. The lowest BCUT2D eigenvalue weighted by atomic mass is 10.1. The molecule has 0 radical (unpaired) electrons. The molecule has 0 heterocycles. The van der Waals surface area contributed by atoms with Crippen molar-refractivity contribution >= 4 is 11.9 Å². The van der Waals surface area contributed by atoms with Crippen LogP contribution in [0.3, 0.4) is 0 Å². The van der Waals surface area contributed by atoms with E-state index in [2.05, 4.69) is 32.4 Å². The van der Waals surface area contributed by atoms with Gasteiger partial charge in [0.25, 0.3) is 0 Å². The van der Waals surface area contributed by atoms with E-state index in [1.54, 1.807) is 24.3 Å². The SMILES string of the molecule is CC(C)CC/C=C/C=C\C(=O)OC(=O)/C=C\C=C\CCC(C)C. The van der Waals surface area contributed by atoms with Crippen LogP contribution in [0.25, 0.3) is 0 Å². The maximum atomic E-state index is 11.4. The maximum Gasteiger partial charge on any atom is 0.338 e. The van der Waals surface area contributed by atoms with Crippen LogP contribution in [0.4, 0.5) is 0 Å². The van der Waals surface area contributed by atoms with Gasteiger partial charge in [-0.1, -0.05) is 64.2 Å². The highest BCUT2D eigenvalue weighted by Gasteiger charge is 2.01. The van der Waals surface area contributed by atoms with Crippen molar-refractivity contribution in [3.8, 4) is 0 Å². The van der Waals surface area contributed by atoms with Crippen LogP contribution in [0.1, 0.15) is 53.4 Å². The average Bonchev–Trinajstić information content (AvgIpc) is 2.45. The van der Waals surface area contributed by atoms with Crippen molar-refractivity contribution in [3.05, 3.63) is 48.6 Å². The Balaban J connectivity index is 3.94. The van der Waals surface area contributed by atoms with Crippen LogP contribution in [0, 0.1) is 11.8 Å². The first-order valence-electron chi connectivity index (χ1n) is 8.34. The van der Waals surface area contributed by atoms with Crippen LogP contribution >= 0.6 is 0 Å². The molecule has 0 saturated carbocycles. The molecule has 0 aliphatic heterocycles. The lowest BCUT2D eigenvalue weighted by Crippen LogP contribution is -2.06. The Kier molecular flexibility index (Phi) is 12.6. The smallest absolute Gasteiger partial charge is 0.338 e. The number of allylic oxidation sites excluding steroid dienone is 6. The van der Waals surface area contributed by atoms with Crippen molar-refractivity contribution in [1.29, 1.82) is 0 Å². The van der Waals surface area contributed by atoms with Gasteiger partial charge in [0, 0.05) is 12.2 Å². The molecule has 0 spiro atoms. The second-order valence-electron chi connectivity index (χ2n) is 6.26. The van der Waals surface area contributed by atoms with Gasteiger partial charge in [-0.15, -0.1) is 0 Å². The topological polar surface area (TPSA) is 43.4 Å². The lowest BCUT2D eigenvalue weighted by Gasteiger charge is -1.98. The molecule has 0 fully saturated rings. The summed E-state index contributed by atoms with van der Waals surface area (Å²) in [6.45, 7) is 8.67. The van der Waals surface area contributed by atoms with Crippen molar-refractivity contribution in [3.63, 3.8) is 0 Å². The molecule has 128 valence electrons. The predicted molar refractivity (Wildman–Crippen MR) is 95.8 cm³/mol. The number of carbonyl (C=O) groups excluding carboxylic acids is 2. The highest BCUT2D eigenvalue weighted by Crippen LogP contribution is 2.04. The molecule has 0 atom stereocenters. The number of hydrogen-bond acceptors (Lipinski definition) is 3. The average molecular weight is 318 g/mol. The molecule has 0 aliphatic rings. The van der Waals surface area contributed by atoms with Crippen molar-refractivity contribution in [2.75, 3.05) is 0 Å². The molecule has 0 bridgehead atoms. The first-order valence-corrected chi connectivity index (χ1v) is 8.34. The van der Waals surface area contributed by atoms with Gasteiger partial charge in [0.05, 0.1) is 0 Å². The molecule has 3 nitrogen and oxygen atoms in total. The molecule has 0 rings (SSSR count). The fraction of sp³-hybridized carbons (Fsp3) is 0.500. The molecule has 3 heteroatoms. The standard InChI is InChI=1S/C20H30O3/c1-17(2)13-9-5-7-11-15-19(21)23-20(22)16-12-8-6-10-14-18(3)4/h5-8,11-12,15-18H,9-10,13-14H2,1-4H3/b7-5+,8-6+,15-11-,16-12-. The van der Waals surface area contributed by atoms with Crippen LogP contribution in [0.5, 0.6) is 0 Å². The quantitative estimate of drug-likeness (QED) is 0.242. The van der Waals surface area contributed by atoms with Gasteiger partial charge in [-0.2, -0.15) is 0 Å². The highest BCUT2D eigenvalue weighted by molar-refractivity contribution is 5.96. The van der Waals surface area contributed by atoms with Crippen LogP contribution < -0.4 is 0 Å². The Labute approximate surface area is 140 Å². The fourth-order valence-electron chi connectivity index (χ4n) is 1.64. The van der Waals surface area contributed by atoms with E-state index in [1.165, 1.54) is 12.2 Å². The van der Waals surface area contributed by atoms with E-state index in [4.69, 9.17) is 0 Å². The third kappa shape index (κ3) is 16.3. The maximum absolute atomic E-state index is 11.4. The van der Waals surface area contributed by atoms with Crippen LogP contribution in [0.2, 0.25) is 0 Å². The zero-order chi connectivity index (χ0) is 17.5. The van der Waals surface area contributed by atoms with E-state index >= 15 is 0 Å². The molecule has 0 aromatic rings. The second kappa shape index (κ2) is 13.7. The minimum atomic E-state index is -0.656. The van der Waals surface area contributed by atoms with Gasteiger partial charge in [-0.3, -0.25) is 0 Å². The van der Waals surface area contributed by atoms with Gasteiger partial charge in [-0.05, 0) is 37.5 Å². The Bertz CT molecular complexity index is 410. The number of carbonyl (C=O) groups is 2. The van der Waals surface area contributed by atoms with E-state index < -0.39 is 11.9 Å². The summed E-state index contributed by atoms with van der Waals surface area (Å²) in [7, 11) is 0. The van der Waals surface area contributed by atoms with Gasteiger partial charge >= 0.3 is 11.9 Å². The first-order chi connectivity index (χ1) is 10.9. The number of hydrogen-bond donors (Lipinski definition) is 0. The van der Waals surface area contributed by atoms with Gasteiger partial charge < -0.3 is 4.74 Å².